The lowest BCUT2D eigenvalue weighted by Gasteiger charge is -2.21. The van der Waals surface area contributed by atoms with Crippen molar-refractivity contribution in [3.8, 4) is 0 Å². The zero-order valence-electron chi connectivity index (χ0n) is 62.0. The summed E-state index contributed by atoms with van der Waals surface area (Å²) in [7, 11) is -9.96. The molecule has 5 atom stereocenters. The second kappa shape index (κ2) is 71.6. The Labute approximate surface area is 595 Å². The van der Waals surface area contributed by atoms with Gasteiger partial charge in [0.1, 0.15) is 19.3 Å². The molecule has 0 aliphatic heterocycles. The second-order valence-corrected chi connectivity index (χ2v) is 28.8. The molecule has 98 heavy (non-hydrogen) atoms. The van der Waals surface area contributed by atoms with Crippen molar-refractivity contribution in [1.29, 1.82) is 0 Å². The SMILES string of the molecule is CC/C=C\C/C=C\C/C=C\C/C=C\C/C=C\CCCC(=O)OCC(COP(=O)(O)OCC(O)COP(=O)(O)OCC(COC(=O)CCCCCCC/C=C\CCCCCC)OC(=O)CCCCCCCCCCCCCCC)OC(=O)CCCCCCC/C=C\CCCCCCCC. The lowest BCUT2D eigenvalue weighted by molar-refractivity contribution is -0.161. The number of hydrogen-bond donors (Lipinski definition) is 3. The van der Waals surface area contributed by atoms with Crippen LogP contribution in [0.2, 0.25) is 0 Å². The standard InChI is InChI=1S/C79H140O17P2/c1-5-9-13-17-21-25-29-33-35-36-38-41-44-48-52-56-60-64-77(82)90-70-75(96-79(84)66-62-58-54-50-46-42-37-34-30-26-22-18-14-10-6-2)72-94-98(87,88)92-68-73(80)67-91-97(85,86)93-71-74(95-78(83)65-61-57-53-49-45-40-32-28-24-20-16-12-8-4)69-89-76(81)63-59-55-51-47-43-39-31-27-23-19-15-11-7-3/h9,13,21,25,27,31,33-35,37-38,41,48,52,73-75,80H,5-8,10-12,14-20,22-24,26,28-30,32,36,39-40,42-47,49-51,53-72H2,1-4H3,(H,85,86)(H,87,88)/b13-9-,25-21-,31-27-,35-33-,37-34-,41-38-,52-48-. The van der Waals surface area contributed by atoms with Gasteiger partial charge in [-0.2, -0.15) is 0 Å². The summed E-state index contributed by atoms with van der Waals surface area (Å²) in [4.78, 5) is 72.8. The summed E-state index contributed by atoms with van der Waals surface area (Å²) in [5.74, 6) is -2.24. The van der Waals surface area contributed by atoms with Crippen LogP contribution in [0.3, 0.4) is 0 Å². The van der Waals surface area contributed by atoms with Crippen LogP contribution in [0.1, 0.15) is 336 Å². The third-order valence-electron chi connectivity index (χ3n) is 16.3. The predicted octanol–water partition coefficient (Wildman–Crippen LogP) is 22.2. The van der Waals surface area contributed by atoms with Crippen molar-refractivity contribution in [3.05, 3.63) is 85.1 Å². The van der Waals surface area contributed by atoms with E-state index < -0.39 is 97.5 Å². The van der Waals surface area contributed by atoms with Crippen molar-refractivity contribution < 1.29 is 80.2 Å². The molecule has 0 spiro atoms. The maximum atomic E-state index is 13.1. The lowest BCUT2D eigenvalue weighted by atomic mass is 10.0. The van der Waals surface area contributed by atoms with Crippen LogP contribution in [0.15, 0.2) is 85.1 Å². The Morgan fingerprint density at radius 2 is 0.541 bits per heavy atom. The van der Waals surface area contributed by atoms with E-state index in [9.17, 15) is 43.2 Å². The number of unbranched alkanes of at least 4 members (excludes halogenated alkanes) is 33. The second-order valence-electron chi connectivity index (χ2n) is 25.9. The third kappa shape index (κ3) is 70.7. The quantitative estimate of drug-likeness (QED) is 0.0169. The van der Waals surface area contributed by atoms with Gasteiger partial charge in [-0.3, -0.25) is 37.3 Å². The van der Waals surface area contributed by atoms with Gasteiger partial charge in [-0.1, -0.05) is 280 Å². The van der Waals surface area contributed by atoms with Gasteiger partial charge >= 0.3 is 39.5 Å². The fourth-order valence-corrected chi connectivity index (χ4v) is 12.0. The molecule has 0 radical (unpaired) electrons. The van der Waals surface area contributed by atoms with Crippen molar-refractivity contribution >= 4 is 39.5 Å². The molecule has 0 aliphatic carbocycles. The van der Waals surface area contributed by atoms with Crippen LogP contribution in [0.5, 0.6) is 0 Å². The minimum atomic E-state index is -4.99. The highest BCUT2D eigenvalue weighted by molar-refractivity contribution is 7.47. The van der Waals surface area contributed by atoms with Gasteiger partial charge in [0.15, 0.2) is 12.2 Å². The molecule has 0 aromatic rings. The van der Waals surface area contributed by atoms with Crippen molar-refractivity contribution in [3.63, 3.8) is 0 Å². The highest BCUT2D eigenvalue weighted by Gasteiger charge is 2.30. The first kappa shape index (κ1) is 94.2. The number of aliphatic hydroxyl groups excluding tert-OH is 1. The Morgan fingerprint density at radius 3 is 0.878 bits per heavy atom. The Balaban J connectivity index is 5.38. The zero-order chi connectivity index (χ0) is 71.8. The number of carbonyl (C=O) groups is 4. The van der Waals surface area contributed by atoms with Crippen LogP contribution >= 0.6 is 15.6 Å². The van der Waals surface area contributed by atoms with Crippen LogP contribution in [0.25, 0.3) is 0 Å². The number of ether oxygens (including phenoxy) is 4. The molecule has 0 aliphatic rings. The van der Waals surface area contributed by atoms with Crippen LogP contribution in [0.4, 0.5) is 0 Å². The highest BCUT2D eigenvalue weighted by Crippen LogP contribution is 2.45. The number of aliphatic hydroxyl groups is 1. The van der Waals surface area contributed by atoms with E-state index >= 15 is 0 Å². The Kier molecular flexibility index (Phi) is 68.9. The molecule has 3 N–H and O–H groups in total. The number of phosphoric acid groups is 2. The molecular weight excluding hydrogens is 1280 g/mol. The van der Waals surface area contributed by atoms with Crippen LogP contribution in [-0.2, 0) is 65.4 Å². The Bertz CT molecular complexity index is 2190. The average molecular weight is 1420 g/mol. The number of allylic oxidation sites excluding steroid dienone is 14. The van der Waals surface area contributed by atoms with Crippen LogP contribution in [0, 0.1) is 0 Å². The molecule has 0 bridgehead atoms. The fourth-order valence-electron chi connectivity index (χ4n) is 10.4. The van der Waals surface area contributed by atoms with Crippen molar-refractivity contribution in [2.24, 2.45) is 0 Å². The van der Waals surface area contributed by atoms with E-state index in [0.29, 0.717) is 32.1 Å². The van der Waals surface area contributed by atoms with Crippen LogP contribution < -0.4 is 0 Å². The molecule has 0 saturated carbocycles. The highest BCUT2D eigenvalue weighted by atomic mass is 31.2. The van der Waals surface area contributed by atoms with Gasteiger partial charge in [-0.15, -0.1) is 0 Å². The monoisotopic (exact) mass is 1420 g/mol. The molecule has 0 fully saturated rings. The van der Waals surface area contributed by atoms with Gasteiger partial charge in [0, 0.05) is 25.7 Å². The number of rotatable bonds is 73. The number of carbonyl (C=O) groups excluding carboxylic acids is 4. The molecule has 568 valence electrons. The summed E-state index contributed by atoms with van der Waals surface area (Å²) in [6, 6.07) is 0. The summed E-state index contributed by atoms with van der Waals surface area (Å²) in [5.41, 5.74) is 0. The number of esters is 4. The first-order chi connectivity index (χ1) is 47.7. The molecule has 0 heterocycles. The van der Waals surface area contributed by atoms with Gasteiger partial charge in [0.05, 0.1) is 26.4 Å². The number of phosphoric ester groups is 2. The predicted molar refractivity (Wildman–Crippen MR) is 399 cm³/mol. The van der Waals surface area contributed by atoms with Gasteiger partial charge in [0.2, 0.25) is 0 Å². The molecule has 19 heteroatoms. The molecule has 5 unspecified atom stereocenters. The summed E-state index contributed by atoms with van der Waals surface area (Å²) in [6.45, 7) is 4.70. The molecular formula is C79H140O17P2. The fraction of sp³-hybridized carbons (Fsp3) is 0.772. The summed E-state index contributed by atoms with van der Waals surface area (Å²) in [5, 5.41) is 10.6. The van der Waals surface area contributed by atoms with E-state index in [1.807, 2.05) is 12.2 Å². The molecule has 0 rings (SSSR count). The summed E-state index contributed by atoms with van der Waals surface area (Å²) < 4.78 is 68.4. The van der Waals surface area contributed by atoms with Gasteiger partial charge in [-0.25, -0.2) is 9.13 Å². The lowest BCUT2D eigenvalue weighted by Crippen LogP contribution is -2.30. The van der Waals surface area contributed by atoms with E-state index in [-0.39, 0.29) is 25.7 Å². The normalized spacial score (nSPS) is 14.4. The largest absolute Gasteiger partial charge is 0.472 e. The van der Waals surface area contributed by atoms with Crippen molar-refractivity contribution in [2.45, 2.75) is 354 Å². The van der Waals surface area contributed by atoms with Crippen molar-refractivity contribution in [1.82, 2.24) is 0 Å². The Hall–Kier alpha value is -3.76. The van der Waals surface area contributed by atoms with Gasteiger partial charge in [0.25, 0.3) is 0 Å². The van der Waals surface area contributed by atoms with Crippen LogP contribution in [-0.4, -0.2) is 96.7 Å². The van der Waals surface area contributed by atoms with Gasteiger partial charge < -0.3 is 33.8 Å². The zero-order valence-corrected chi connectivity index (χ0v) is 63.7. The summed E-state index contributed by atoms with van der Waals surface area (Å²) >= 11 is 0. The molecule has 0 saturated heterocycles. The van der Waals surface area contributed by atoms with E-state index in [2.05, 4.69) is 101 Å². The van der Waals surface area contributed by atoms with E-state index in [4.69, 9.17) is 37.0 Å². The number of hydrogen-bond acceptors (Lipinski definition) is 15. The topological polar surface area (TPSA) is 237 Å². The molecule has 0 aromatic heterocycles. The maximum Gasteiger partial charge on any atom is 0.472 e. The van der Waals surface area contributed by atoms with Gasteiger partial charge in [-0.05, 0) is 116 Å². The minimum absolute atomic E-state index is 0.0742. The average Bonchev–Trinajstić information content (AvgIpc) is 1.05. The first-order valence-electron chi connectivity index (χ1n) is 38.8. The first-order valence-corrected chi connectivity index (χ1v) is 41.8. The van der Waals surface area contributed by atoms with E-state index in [1.54, 1.807) is 0 Å². The van der Waals surface area contributed by atoms with Crippen molar-refractivity contribution in [2.75, 3.05) is 39.6 Å². The van der Waals surface area contributed by atoms with E-state index in [0.717, 1.165) is 135 Å². The Morgan fingerprint density at radius 1 is 0.296 bits per heavy atom. The maximum absolute atomic E-state index is 13.1. The smallest absolute Gasteiger partial charge is 0.462 e. The molecule has 0 amide bonds. The third-order valence-corrected chi connectivity index (χ3v) is 18.2. The summed E-state index contributed by atoms with van der Waals surface area (Å²) in [6.07, 6.45) is 72.9. The van der Waals surface area contributed by atoms with E-state index in [1.165, 1.54) is 116 Å². The minimum Gasteiger partial charge on any atom is -0.462 e. The molecule has 0 aromatic carbocycles. The molecule has 17 nitrogen and oxygen atoms in total.